The number of anilines is 1. The second-order valence-electron chi connectivity index (χ2n) is 4.13. The highest BCUT2D eigenvalue weighted by Gasteiger charge is 2.32. The minimum atomic E-state index is -0.00737. The van der Waals surface area contributed by atoms with Crippen molar-refractivity contribution in [2.45, 2.75) is 31.7 Å². The molecule has 0 atom stereocenters. The van der Waals surface area contributed by atoms with Crippen molar-refractivity contribution in [3.05, 3.63) is 17.8 Å². The molecular weight excluding hydrogens is 176 g/mol. The van der Waals surface area contributed by atoms with Crippen LogP contribution in [0.3, 0.4) is 0 Å². The summed E-state index contributed by atoms with van der Waals surface area (Å²) in [7, 11) is 0. The number of aromatic nitrogens is 2. The fourth-order valence-electron chi connectivity index (χ4n) is 1.57. The number of nitrogens with zero attached hydrogens (tertiary/aromatic N) is 2. The van der Waals surface area contributed by atoms with Crippen LogP contribution in [-0.2, 0) is 0 Å². The first-order valence-corrected chi connectivity index (χ1v) is 5.01. The van der Waals surface area contributed by atoms with E-state index in [9.17, 15) is 0 Å². The minimum absolute atomic E-state index is 0.00737. The maximum atomic E-state index is 6.07. The third kappa shape index (κ3) is 2.01. The van der Waals surface area contributed by atoms with Crippen molar-refractivity contribution in [2.24, 2.45) is 5.73 Å². The molecule has 0 saturated heterocycles. The maximum Gasteiger partial charge on any atom is 0.148 e. The number of aryl methyl sites for hydroxylation is 1. The van der Waals surface area contributed by atoms with Gasteiger partial charge >= 0.3 is 0 Å². The molecule has 1 aromatic heterocycles. The Morgan fingerprint density at radius 2 is 2.21 bits per heavy atom. The Morgan fingerprint density at radius 3 is 2.71 bits per heavy atom. The Morgan fingerprint density at radius 1 is 1.43 bits per heavy atom. The van der Waals surface area contributed by atoms with Crippen molar-refractivity contribution in [3.8, 4) is 0 Å². The van der Waals surface area contributed by atoms with Crippen LogP contribution in [0.25, 0.3) is 0 Å². The van der Waals surface area contributed by atoms with Crippen LogP contribution in [0.2, 0.25) is 0 Å². The predicted molar refractivity (Wildman–Crippen MR) is 56.0 cm³/mol. The molecule has 3 N–H and O–H groups in total. The van der Waals surface area contributed by atoms with E-state index in [0.29, 0.717) is 0 Å². The molecule has 0 unspecified atom stereocenters. The lowest BCUT2D eigenvalue weighted by atomic mass is 9.78. The van der Waals surface area contributed by atoms with Crippen LogP contribution in [0.15, 0.2) is 12.1 Å². The van der Waals surface area contributed by atoms with Gasteiger partial charge in [0.25, 0.3) is 0 Å². The molecule has 4 heteroatoms. The summed E-state index contributed by atoms with van der Waals surface area (Å²) in [5.74, 6) is 0.812. The van der Waals surface area contributed by atoms with E-state index in [0.717, 1.165) is 30.9 Å². The van der Waals surface area contributed by atoms with Gasteiger partial charge in [-0.05, 0) is 38.3 Å². The van der Waals surface area contributed by atoms with E-state index in [1.54, 1.807) is 0 Å². The zero-order valence-corrected chi connectivity index (χ0v) is 8.45. The van der Waals surface area contributed by atoms with Crippen LogP contribution in [0, 0.1) is 6.92 Å². The summed E-state index contributed by atoms with van der Waals surface area (Å²) in [5.41, 5.74) is 6.99. The first-order valence-electron chi connectivity index (χ1n) is 5.01. The highest BCUT2D eigenvalue weighted by molar-refractivity contribution is 5.33. The summed E-state index contributed by atoms with van der Waals surface area (Å²) >= 11 is 0. The number of nitrogens with two attached hydrogens (primary N) is 1. The first kappa shape index (κ1) is 9.40. The van der Waals surface area contributed by atoms with Crippen LogP contribution in [0.4, 0.5) is 5.82 Å². The van der Waals surface area contributed by atoms with Crippen molar-refractivity contribution < 1.29 is 0 Å². The van der Waals surface area contributed by atoms with E-state index < -0.39 is 0 Å². The van der Waals surface area contributed by atoms with Crippen LogP contribution >= 0.6 is 0 Å². The van der Waals surface area contributed by atoms with Crippen molar-refractivity contribution >= 4 is 5.82 Å². The molecule has 14 heavy (non-hydrogen) atoms. The van der Waals surface area contributed by atoms with Crippen molar-refractivity contribution in [2.75, 3.05) is 11.9 Å². The topological polar surface area (TPSA) is 63.8 Å². The molecule has 1 aliphatic rings. The van der Waals surface area contributed by atoms with Crippen molar-refractivity contribution in [1.82, 2.24) is 10.2 Å². The number of nitrogens with one attached hydrogen (secondary N) is 1. The van der Waals surface area contributed by atoms with Gasteiger partial charge in [0.1, 0.15) is 5.82 Å². The van der Waals surface area contributed by atoms with Crippen molar-refractivity contribution in [1.29, 1.82) is 0 Å². The molecule has 0 aliphatic heterocycles. The van der Waals surface area contributed by atoms with E-state index in [1.807, 2.05) is 19.1 Å². The Labute approximate surface area is 83.9 Å². The molecule has 1 heterocycles. The zero-order chi connectivity index (χ0) is 10.0. The highest BCUT2D eigenvalue weighted by Crippen LogP contribution is 2.28. The summed E-state index contributed by atoms with van der Waals surface area (Å²) < 4.78 is 0. The Kier molecular flexibility index (Phi) is 2.37. The second-order valence-corrected chi connectivity index (χ2v) is 4.13. The Hall–Kier alpha value is -1.16. The molecule has 1 saturated carbocycles. The summed E-state index contributed by atoms with van der Waals surface area (Å²) in [6.45, 7) is 2.72. The molecule has 1 aromatic rings. The molecule has 4 nitrogen and oxygen atoms in total. The van der Waals surface area contributed by atoms with Gasteiger partial charge in [-0.2, -0.15) is 5.10 Å². The number of rotatable bonds is 3. The van der Waals surface area contributed by atoms with E-state index in [2.05, 4.69) is 15.5 Å². The van der Waals surface area contributed by atoms with Gasteiger partial charge in [-0.1, -0.05) is 0 Å². The fourth-order valence-corrected chi connectivity index (χ4v) is 1.57. The van der Waals surface area contributed by atoms with Crippen LogP contribution in [-0.4, -0.2) is 22.3 Å². The fraction of sp³-hybridized carbons (Fsp3) is 0.600. The van der Waals surface area contributed by atoms with E-state index >= 15 is 0 Å². The highest BCUT2D eigenvalue weighted by atomic mass is 15.2. The smallest absolute Gasteiger partial charge is 0.148 e. The Bertz CT molecular complexity index is 302. The third-order valence-corrected chi connectivity index (χ3v) is 2.77. The van der Waals surface area contributed by atoms with E-state index in [1.165, 1.54) is 6.42 Å². The average molecular weight is 192 g/mol. The molecule has 0 amide bonds. The first-order chi connectivity index (χ1) is 6.68. The molecule has 1 aliphatic carbocycles. The SMILES string of the molecule is Cc1ccc(NCC2(N)CCC2)nn1. The van der Waals surface area contributed by atoms with Crippen LogP contribution in [0.1, 0.15) is 25.0 Å². The average Bonchev–Trinajstić information content (AvgIpc) is 2.14. The number of hydrogen-bond donors (Lipinski definition) is 2. The summed E-state index contributed by atoms with van der Waals surface area (Å²) in [4.78, 5) is 0. The molecule has 0 aromatic carbocycles. The molecule has 2 rings (SSSR count). The quantitative estimate of drug-likeness (QED) is 0.752. The molecule has 1 fully saturated rings. The Balaban J connectivity index is 1.88. The van der Waals surface area contributed by atoms with Gasteiger partial charge in [0, 0.05) is 12.1 Å². The van der Waals surface area contributed by atoms with Gasteiger partial charge in [0.2, 0.25) is 0 Å². The number of hydrogen-bond acceptors (Lipinski definition) is 4. The molecular formula is C10H16N4. The van der Waals surface area contributed by atoms with E-state index in [-0.39, 0.29) is 5.54 Å². The monoisotopic (exact) mass is 192 g/mol. The maximum absolute atomic E-state index is 6.07. The van der Waals surface area contributed by atoms with Crippen LogP contribution in [0.5, 0.6) is 0 Å². The zero-order valence-electron chi connectivity index (χ0n) is 8.45. The summed E-state index contributed by atoms with van der Waals surface area (Å²) in [6, 6.07) is 3.88. The summed E-state index contributed by atoms with van der Waals surface area (Å²) in [6.07, 6.45) is 3.47. The van der Waals surface area contributed by atoms with Gasteiger partial charge in [-0.15, -0.1) is 5.10 Å². The van der Waals surface area contributed by atoms with Gasteiger partial charge in [-0.25, -0.2) is 0 Å². The molecule has 0 spiro atoms. The van der Waals surface area contributed by atoms with Crippen molar-refractivity contribution in [3.63, 3.8) is 0 Å². The lowest BCUT2D eigenvalue weighted by Gasteiger charge is -2.38. The van der Waals surface area contributed by atoms with Gasteiger partial charge in [0.05, 0.1) is 5.69 Å². The second kappa shape index (κ2) is 3.53. The molecule has 0 radical (unpaired) electrons. The minimum Gasteiger partial charge on any atom is -0.367 e. The van der Waals surface area contributed by atoms with Gasteiger partial charge in [-0.3, -0.25) is 0 Å². The molecule has 0 bridgehead atoms. The normalized spacial score (nSPS) is 18.7. The molecule has 76 valence electrons. The van der Waals surface area contributed by atoms with E-state index in [4.69, 9.17) is 5.73 Å². The predicted octanol–water partition coefficient (Wildman–Crippen LogP) is 1.08. The standard InChI is InChI=1S/C10H16N4/c1-8-3-4-9(14-13-8)12-7-10(11)5-2-6-10/h3-4H,2,5-7,11H2,1H3,(H,12,14). The third-order valence-electron chi connectivity index (χ3n) is 2.77. The van der Waals surface area contributed by atoms with Crippen LogP contribution < -0.4 is 11.1 Å². The largest absolute Gasteiger partial charge is 0.367 e. The summed E-state index contributed by atoms with van der Waals surface area (Å²) in [5, 5.41) is 11.2. The lowest BCUT2D eigenvalue weighted by molar-refractivity contribution is 0.265. The lowest BCUT2D eigenvalue weighted by Crippen LogP contribution is -2.52. The van der Waals surface area contributed by atoms with Gasteiger partial charge < -0.3 is 11.1 Å². The van der Waals surface area contributed by atoms with Gasteiger partial charge in [0.15, 0.2) is 0 Å².